The molecule has 0 aromatic heterocycles. The normalized spacial score (nSPS) is 15.5. The lowest BCUT2D eigenvalue weighted by atomic mass is 9.96. The van der Waals surface area contributed by atoms with E-state index in [-0.39, 0.29) is 12.6 Å². The fraction of sp³-hybridized carbons (Fsp3) is 0.269. The minimum atomic E-state index is -0.742. The van der Waals surface area contributed by atoms with Gasteiger partial charge in [0.15, 0.2) is 6.23 Å². The van der Waals surface area contributed by atoms with Crippen LogP contribution in [0.25, 0.3) is 11.1 Å². The first-order chi connectivity index (χ1) is 15.7. The molecule has 0 saturated carbocycles. The third-order valence-electron chi connectivity index (χ3n) is 5.75. The number of hydrogen-bond donors (Lipinski definition) is 2. The van der Waals surface area contributed by atoms with E-state index >= 15 is 0 Å². The second kappa shape index (κ2) is 10.7. The van der Waals surface area contributed by atoms with Gasteiger partial charge in [-0.2, -0.15) is 0 Å². The van der Waals surface area contributed by atoms with Crippen molar-refractivity contribution in [1.29, 1.82) is 0 Å². The molecule has 1 atom stereocenters. The zero-order chi connectivity index (χ0) is 22.3. The van der Waals surface area contributed by atoms with Gasteiger partial charge < -0.3 is 14.4 Å². The highest BCUT2D eigenvalue weighted by Gasteiger charge is 2.29. The summed E-state index contributed by atoms with van der Waals surface area (Å²) < 4.78 is 15.8. The van der Waals surface area contributed by atoms with Crippen LogP contribution in [-0.2, 0) is 11.3 Å². The van der Waals surface area contributed by atoms with Gasteiger partial charge in [0.1, 0.15) is 5.75 Å². The first kappa shape index (κ1) is 22.4. The molecule has 0 radical (unpaired) electrons. The van der Waals surface area contributed by atoms with Gasteiger partial charge in [0.05, 0.1) is 0 Å². The lowest BCUT2D eigenvalue weighted by molar-refractivity contribution is -0.137. The van der Waals surface area contributed by atoms with Crippen molar-refractivity contribution in [1.82, 2.24) is 4.90 Å². The Kier molecular flexibility index (Phi) is 7.47. The predicted molar refractivity (Wildman–Crippen MR) is 127 cm³/mol. The van der Waals surface area contributed by atoms with Gasteiger partial charge in [0.2, 0.25) is 0 Å². The maximum absolute atomic E-state index is 10.8. The molecule has 2 N–H and O–H groups in total. The van der Waals surface area contributed by atoms with E-state index in [1.54, 1.807) is 0 Å². The maximum Gasteiger partial charge on any atom is 0.303 e. The summed E-state index contributed by atoms with van der Waals surface area (Å²) >= 11 is 0.718. The van der Waals surface area contributed by atoms with E-state index in [0.717, 1.165) is 54.2 Å². The Hall–Kier alpha value is -2.80. The Balaban J connectivity index is 1.64. The number of fused-ring (bicyclic) bond motifs is 3. The number of benzene rings is 3. The molecule has 32 heavy (non-hydrogen) atoms. The van der Waals surface area contributed by atoms with Gasteiger partial charge in [-0.05, 0) is 53.8 Å². The molecule has 1 aliphatic rings. The van der Waals surface area contributed by atoms with Crippen LogP contribution in [0.2, 0.25) is 0 Å². The molecule has 0 aliphatic carbocycles. The van der Waals surface area contributed by atoms with E-state index in [0.29, 0.717) is 6.42 Å². The van der Waals surface area contributed by atoms with Crippen LogP contribution in [0, 0.1) is 0 Å². The minimum absolute atomic E-state index is 0.209. The van der Waals surface area contributed by atoms with Gasteiger partial charge in [-0.3, -0.25) is 9.69 Å². The van der Waals surface area contributed by atoms with Crippen molar-refractivity contribution in [2.24, 2.45) is 0 Å². The van der Waals surface area contributed by atoms with Crippen LogP contribution in [0.1, 0.15) is 43.0 Å². The summed E-state index contributed by atoms with van der Waals surface area (Å²) in [5.41, 5.74) is 4.76. The van der Waals surface area contributed by atoms with Gasteiger partial charge in [-0.25, -0.2) is 0 Å². The van der Waals surface area contributed by atoms with Crippen LogP contribution in [0.4, 0.5) is 0 Å². The second-order valence-corrected chi connectivity index (χ2v) is 8.61. The lowest BCUT2D eigenvalue weighted by Gasteiger charge is -2.31. The van der Waals surface area contributed by atoms with Crippen LogP contribution in [0.15, 0.2) is 77.7 Å². The smallest absolute Gasteiger partial charge is 0.303 e. The van der Waals surface area contributed by atoms with E-state index in [2.05, 4.69) is 47.4 Å². The first-order valence-electron chi connectivity index (χ1n) is 10.9. The summed E-state index contributed by atoms with van der Waals surface area (Å²) in [6.45, 7) is 1.55. The summed E-state index contributed by atoms with van der Waals surface area (Å²) in [6.07, 6.45) is 2.38. The number of unbranched alkanes of at least 4 members (excludes halogenated alkanes) is 2. The molecule has 6 heteroatoms. The SMILES string of the molecule is O=C(O)CCCCCN1Cc2ccccc2-c2ccccc2C1Oc1ccc(SO)cc1. The number of carbonyl (C=O) groups is 1. The number of carboxylic acid groups (broad SMARTS) is 1. The molecule has 1 heterocycles. The van der Waals surface area contributed by atoms with Crippen molar-refractivity contribution < 1.29 is 19.2 Å². The Bertz CT molecular complexity index is 1050. The molecule has 3 aromatic carbocycles. The van der Waals surface area contributed by atoms with E-state index in [9.17, 15) is 9.35 Å². The highest BCUT2D eigenvalue weighted by atomic mass is 32.2. The van der Waals surface area contributed by atoms with E-state index in [1.165, 1.54) is 16.7 Å². The molecular formula is C26H27NO4S. The van der Waals surface area contributed by atoms with E-state index < -0.39 is 5.97 Å². The Morgan fingerprint density at radius 1 is 0.938 bits per heavy atom. The van der Waals surface area contributed by atoms with Crippen LogP contribution < -0.4 is 4.74 Å². The molecule has 166 valence electrons. The van der Waals surface area contributed by atoms with E-state index in [4.69, 9.17) is 9.84 Å². The van der Waals surface area contributed by atoms with Gasteiger partial charge in [-0.15, -0.1) is 0 Å². The highest BCUT2D eigenvalue weighted by Crippen LogP contribution is 2.39. The number of rotatable bonds is 9. The average molecular weight is 450 g/mol. The zero-order valence-electron chi connectivity index (χ0n) is 17.8. The monoisotopic (exact) mass is 449 g/mol. The summed E-state index contributed by atoms with van der Waals surface area (Å²) in [4.78, 5) is 13.9. The molecule has 4 rings (SSSR count). The van der Waals surface area contributed by atoms with Crippen molar-refractivity contribution >= 4 is 18.0 Å². The molecule has 1 aliphatic heterocycles. The average Bonchev–Trinajstić information content (AvgIpc) is 2.94. The number of aliphatic carboxylic acids is 1. The topological polar surface area (TPSA) is 70.0 Å². The molecule has 3 aromatic rings. The summed E-state index contributed by atoms with van der Waals surface area (Å²) in [5.74, 6) is -0.00207. The third-order valence-corrected chi connectivity index (χ3v) is 6.24. The number of ether oxygens (including phenoxy) is 1. The first-order valence-corrected chi connectivity index (χ1v) is 11.6. The molecule has 0 amide bonds. The summed E-state index contributed by atoms with van der Waals surface area (Å²) in [5, 5.41) is 8.91. The Labute approximate surface area is 192 Å². The van der Waals surface area contributed by atoms with Crippen LogP contribution in [-0.4, -0.2) is 27.1 Å². The van der Waals surface area contributed by atoms with Crippen molar-refractivity contribution in [2.75, 3.05) is 6.54 Å². The van der Waals surface area contributed by atoms with Crippen molar-refractivity contribution in [3.05, 3.63) is 83.9 Å². The van der Waals surface area contributed by atoms with Crippen LogP contribution in [0.5, 0.6) is 5.75 Å². The van der Waals surface area contributed by atoms with Crippen molar-refractivity contribution in [2.45, 2.75) is 43.4 Å². The maximum atomic E-state index is 10.8. The van der Waals surface area contributed by atoms with Gasteiger partial charge in [0, 0.05) is 42.0 Å². The van der Waals surface area contributed by atoms with Crippen molar-refractivity contribution in [3.8, 4) is 16.9 Å². The van der Waals surface area contributed by atoms with E-state index in [1.807, 2.05) is 30.3 Å². The van der Waals surface area contributed by atoms with Gasteiger partial charge >= 0.3 is 5.97 Å². The molecule has 0 spiro atoms. The Morgan fingerprint density at radius 3 is 2.41 bits per heavy atom. The zero-order valence-corrected chi connectivity index (χ0v) is 18.6. The quantitative estimate of drug-likeness (QED) is 0.289. The molecular weight excluding hydrogens is 422 g/mol. The summed E-state index contributed by atoms with van der Waals surface area (Å²) in [7, 11) is 0. The fourth-order valence-corrected chi connectivity index (χ4v) is 4.44. The van der Waals surface area contributed by atoms with Gasteiger partial charge in [0.25, 0.3) is 0 Å². The number of hydrogen-bond acceptors (Lipinski definition) is 5. The summed E-state index contributed by atoms with van der Waals surface area (Å²) in [6, 6.07) is 24.3. The number of carboxylic acids is 1. The van der Waals surface area contributed by atoms with Crippen LogP contribution in [0.3, 0.4) is 0 Å². The fourth-order valence-electron chi connectivity index (χ4n) is 4.19. The molecule has 0 saturated heterocycles. The molecule has 0 fully saturated rings. The largest absolute Gasteiger partial charge is 0.481 e. The standard InChI is InChI=1S/C26H27NO4S/c28-25(29)12-2-1-7-17-27-18-19-8-3-4-9-22(19)23-10-5-6-11-24(23)26(27)31-20-13-15-21(32-30)16-14-20/h3-6,8-11,13-16,26,30H,1-2,7,12,17-18H2,(H,28,29). The number of nitrogens with zero attached hydrogens (tertiary/aromatic N) is 1. The van der Waals surface area contributed by atoms with Crippen molar-refractivity contribution in [3.63, 3.8) is 0 Å². The molecule has 1 unspecified atom stereocenters. The second-order valence-electron chi connectivity index (χ2n) is 7.95. The highest BCUT2D eigenvalue weighted by molar-refractivity contribution is 7.93. The molecule has 5 nitrogen and oxygen atoms in total. The Morgan fingerprint density at radius 2 is 1.66 bits per heavy atom. The lowest BCUT2D eigenvalue weighted by Crippen LogP contribution is -2.32. The minimum Gasteiger partial charge on any atom is -0.481 e. The van der Waals surface area contributed by atoms with Gasteiger partial charge in [-0.1, -0.05) is 55.0 Å². The third kappa shape index (κ3) is 5.33. The molecule has 0 bridgehead atoms. The van der Waals surface area contributed by atoms with Crippen LogP contribution >= 0.6 is 12.0 Å². The predicted octanol–water partition coefficient (Wildman–Crippen LogP) is 6.46.